The van der Waals surface area contributed by atoms with Gasteiger partial charge in [-0.05, 0) is 41.8 Å². The molecule has 0 fully saturated rings. The van der Waals surface area contributed by atoms with Gasteiger partial charge < -0.3 is 15.4 Å². The highest BCUT2D eigenvalue weighted by atomic mass is 127. The molecule has 1 heterocycles. The number of hydrogen-bond acceptors (Lipinski definition) is 2. The Kier molecular flexibility index (Phi) is 7.62. The first-order valence-corrected chi connectivity index (χ1v) is 8.29. The zero-order valence-electron chi connectivity index (χ0n) is 14.5. The minimum absolute atomic E-state index is 0. The standard InChI is InChI=1S/C19H21F2N3O.HI/c1-22-19(24-12-15-11-16(20)3-4-17(15)21)23-8-6-13-2-5-18-14(10-13)7-9-25-18;/h2-5,10-11H,6-9,12H2,1H3,(H2,22,23,24);1H. The summed E-state index contributed by atoms with van der Waals surface area (Å²) in [6.45, 7) is 1.61. The highest BCUT2D eigenvalue weighted by Gasteiger charge is 2.12. The Bertz CT molecular complexity index is 783. The summed E-state index contributed by atoms with van der Waals surface area (Å²) in [5, 5.41) is 6.18. The lowest BCUT2D eigenvalue weighted by Gasteiger charge is -2.12. The van der Waals surface area contributed by atoms with Gasteiger partial charge in [-0.15, -0.1) is 24.0 Å². The monoisotopic (exact) mass is 473 g/mol. The molecular weight excluding hydrogens is 451 g/mol. The van der Waals surface area contributed by atoms with Gasteiger partial charge in [0.25, 0.3) is 0 Å². The summed E-state index contributed by atoms with van der Waals surface area (Å²) < 4.78 is 32.3. The predicted octanol–water partition coefficient (Wildman–Crippen LogP) is 3.43. The van der Waals surface area contributed by atoms with Crippen LogP contribution >= 0.6 is 24.0 Å². The van der Waals surface area contributed by atoms with E-state index in [4.69, 9.17) is 4.74 Å². The average molecular weight is 473 g/mol. The molecule has 140 valence electrons. The van der Waals surface area contributed by atoms with E-state index in [-0.39, 0.29) is 36.1 Å². The SMILES string of the molecule is CN=C(NCCc1ccc2c(c1)CCO2)NCc1cc(F)ccc1F.I. The van der Waals surface area contributed by atoms with Crippen LogP contribution in [0.4, 0.5) is 8.78 Å². The molecular formula is C19H22F2IN3O. The molecule has 0 radical (unpaired) electrons. The van der Waals surface area contributed by atoms with Crippen LogP contribution in [0.2, 0.25) is 0 Å². The van der Waals surface area contributed by atoms with Crippen LogP contribution in [-0.4, -0.2) is 26.2 Å². The molecule has 0 saturated heterocycles. The number of benzene rings is 2. The first-order chi connectivity index (χ1) is 12.2. The summed E-state index contributed by atoms with van der Waals surface area (Å²) in [6.07, 6.45) is 1.79. The fraction of sp³-hybridized carbons (Fsp3) is 0.316. The van der Waals surface area contributed by atoms with Crippen molar-refractivity contribution in [3.8, 4) is 5.75 Å². The summed E-state index contributed by atoms with van der Waals surface area (Å²) in [4.78, 5) is 4.10. The topological polar surface area (TPSA) is 45.7 Å². The summed E-state index contributed by atoms with van der Waals surface area (Å²) in [5.74, 6) is 0.630. The van der Waals surface area contributed by atoms with Crippen molar-refractivity contribution in [2.45, 2.75) is 19.4 Å². The molecule has 2 N–H and O–H groups in total. The first-order valence-electron chi connectivity index (χ1n) is 8.29. The Hall–Kier alpha value is -1.90. The average Bonchev–Trinajstić information content (AvgIpc) is 3.08. The van der Waals surface area contributed by atoms with Gasteiger partial charge >= 0.3 is 0 Å². The van der Waals surface area contributed by atoms with Gasteiger partial charge in [-0.25, -0.2) is 8.78 Å². The van der Waals surface area contributed by atoms with Gasteiger partial charge in [0.15, 0.2) is 5.96 Å². The molecule has 0 aliphatic carbocycles. The van der Waals surface area contributed by atoms with Crippen LogP contribution < -0.4 is 15.4 Å². The van der Waals surface area contributed by atoms with Crippen molar-refractivity contribution in [2.24, 2.45) is 4.99 Å². The van der Waals surface area contributed by atoms with Crippen LogP contribution in [-0.2, 0) is 19.4 Å². The van der Waals surface area contributed by atoms with E-state index in [1.165, 1.54) is 17.2 Å². The highest BCUT2D eigenvalue weighted by molar-refractivity contribution is 14.0. The molecule has 1 aliphatic rings. The van der Waals surface area contributed by atoms with Crippen LogP contribution in [0.25, 0.3) is 0 Å². The second-order valence-corrected chi connectivity index (χ2v) is 5.88. The third kappa shape index (κ3) is 5.30. The largest absolute Gasteiger partial charge is 0.493 e. The molecule has 0 bridgehead atoms. The van der Waals surface area contributed by atoms with Crippen molar-refractivity contribution in [3.05, 3.63) is 64.7 Å². The van der Waals surface area contributed by atoms with Crippen molar-refractivity contribution >= 4 is 29.9 Å². The molecule has 0 saturated carbocycles. The summed E-state index contributed by atoms with van der Waals surface area (Å²) >= 11 is 0. The smallest absolute Gasteiger partial charge is 0.191 e. The van der Waals surface area contributed by atoms with E-state index in [2.05, 4.69) is 27.8 Å². The van der Waals surface area contributed by atoms with Gasteiger partial charge in [-0.2, -0.15) is 0 Å². The second-order valence-electron chi connectivity index (χ2n) is 5.88. The Labute approximate surface area is 169 Å². The zero-order valence-corrected chi connectivity index (χ0v) is 16.8. The molecule has 4 nitrogen and oxygen atoms in total. The molecule has 0 atom stereocenters. The highest BCUT2D eigenvalue weighted by Crippen LogP contribution is 2.25. The van der Waals surface area contributed by atoms with Crippen molar-refractivity contribution < 1.29 is 13.5 Å². The maximum absolute atomic E-state index is 13.6. The van der Waals surface area contributed by atoms with Crippen LogP contribution in [0, 0.1) is 11.6 Å². The fourth-order valence-corrected chi connectivity index (χ4v) is 2.80. The number of nitrogens with one attached hydrogen (secondary N) is 2. The molecule has 0 amide bonds. The Morgan fingerprint density at radius 1 is 1.15 bits per heavy atom. The van der Waals surface area contributed by atoms with Gasteiger partial charge in [-0.1, -0.05) is 12.1 Å². The van der Waals surface area contributed by atoms with E-state index in [9.17, 15) is 8.78 Å². The lowest BCUT2D eigenvalue weighted by atomic mass is 10.1. The number of fused-ring (bicyclic) bond motifs is 1. The van der Waals surface area contributed by atoms with Crippen LogP contribution in [0.3, 0.4) is 0 Å². The third-order valence-electron chi connectivity index (χ3n) is 4.14. The summed E-state index contributed by atoms with van der Waals surface area (Å²) in [7, 11) is 1.64. The quantitative estimate of drug-likeness (QED) is 0.398. The summed E-state index contributed by atoms with van der Waals surface area (Å²) in [5.41, 5.74) is 2.74. The van der Waals surface area contributed by atoms with Crippen LogP contribution in [0.1, 0.15) is 16.7 Å². The normalized spacial score (nSPS) is 12.8. The number of nitrogens with zero attached hydrogens (tertiary/aromatic N) is 1. The molecule has 0 unspecified atom stereocenters. The Morgan fingerprint density at radius 2 is 2.00 bits per heavy atom. The van der Waals surface area contributed by atoms with E-state index < -0.39 is 11.6 Å². The van der Waals surface area contributed by atoms with Crippen LogP contribution in [0.15, 0.2) is 41.4 Å². The molecule has 3 rings (SSSR count). The van der Waals surface area contributed by atoms with Gasteiger partial charge in [0.05, 0.1) is 6.61 Å². The second kappa shape index (κ2) is 9.70. The number of rotatable bonds is 5. The van der Waals surface area contributed by atoms with E-state index in [1.54, 1.807) is 7.05 Å². The minimum atomic E-state index is -0.457. The molecule has 0 spiro atoms. The van der Waals surface area contributed by atoms with E-state index in [1.807, 2.05) is 6.07 Å². The van der Waals surface area contributed by atoms with Gasteiger partial charge in [0.2, 0.25) is 0 Å². The summed E-state index contributed by atoms with van der Waals surface area (Å²) in [6, 6.07) is 9.65. The van der Waals surface area contributed by atoms with Crippen molar-refractivity contribution in [1.29, 1.82) is 0 Å². The van der Waals surface area contributed by atoms with Crippen LogP contribution in [0.5, 0.6) is 5.75 Å². The maximum atomic E-state index is 13.6. The van der Waals surface area contributed by atoms with E-state index in [0.717, 1.165) is 37.3 Å². The van der Waals surface area contributed by atoms with Gasteiger partial charge in [-0.3, -0.25) is 4.99 Å². The minimum Gasteiger partial charge on any atom is -0.493 e. The molecule has 2 aromatic rings. The van der Waals surface area contributed by atoms with Crippen molar-refractivity contribution in [1.82, 2.24) is 10.6 Å². The number of aliphatic imine (C=N–C) groups is 1. The fourth-order valence-electron chi connectivity index (χ4n) is 2.80. The van der Waals surface area contributed by atoms with Crippen molar-refractivity contribution in [3.63, 3.8) is 0 Å². The van der Waals surface area contributed by atoms with Crippen molar-refractivity contribution in [2.75, 3.05) is 20.2 Å². The lowest BCUT2D eigenvalue weighted by Crippen LogP contribution is -2.38. The Balaban J connectivity index is 0.00000243. The molecule has 1 aliphatic heterocycles. The maximum Gasteiger partial charge on any atom is 0.191 e. The molecule has 26 heavy (non-hydrogen) atoms. The zero-order chi connectivity index (χ0) is 17.6. The first kappa shape index (κ1) is 20.4. The van der Waals surface area contributed by atoms with E-state index in [0.29, 0.717) is 12.5 Å². The van der Waals surface area contributed by atoms with E-state index >= 15 is 0 Å². The number of hydrogen-bond donors (Lipinski definition) is 2. The lowest BCUT2D eigenvalue weighted by molar-refractivity contribution is 0.357. The number of ether oxygens (including phenoxy) is 1. The molecule has 0 aromatic heterocycles. The van der Waals surface area contributed by atoms with Gasteiger partial charge in [0, 0.05) is 32.1 Å². The number of guanidine groups is 1. The van der Waals surface area contributed by atoms with Gasteiger partial charge in [0.1, 0.15) is 17.4 Å². The molecule has 7 heteroatoms. The predicted molar refractivity (Wildman–Crippen MR) is 109 cm³/mol. The Morgan fingerprint density at radius 3 is 2.81 bits per heavy atom. The molecule has 2 aromatic carbocycles. The third-order valence-corrected chi connectivity index (χ3v) is 4.14. The number of halogens is 3.